The van der Waals surface area contributed by atoms with Crippen LogP contribution in [0.25, 0.3) is 10.2 Å². The molecule has 1 atom stereocenters. The number of nitrogens with zero attached hydrogens (tertiary/aromatic N) is 1. The lowest BCUT2D eigenvalue weighted by Crippen LogP contribution is -2.11. The van der Waals surface area contributed by atoms with Crippen LogP contribution in [0.4, 0.5) is 0 Å². The van der Waals surface area contributed by atoms with E-state index in [0.717, 1.165) is 23.2 Å². The standard InChI is InChI=1S/C13H14N2O3S/c1-2-18-9(16)5-7-3-4-8-10(7)11-12(17)14-6-15-13(11)19-8/h6-7H,2-5H2,1H3,(H,14,15,17)/t7-/m0/s1. The summed E-state index contributed by atoms with van der Waals surface area (Å²) in [7, 11) is 0. The van der Waals surface area contributed by atoms with Crippen molar-refractivity contribution in [3.63, 3.8) is 0 Å². The zero-order chi connectivity index (χ0) is 13.4. The van der Waals surface area contributed by atoms with Crippen molar-refractivity contribution >= 4 is 27.5 Å². The predicted molar refractivity (Wildman–Crippen MR) is 72.6 cm³/mol. The molecule has 19 heavy (non-hydrogen) atoms. The smallest absolute Gasteiger partial charge is 0.306 e. The maximum atomic E-state index is 12.0. The number of carbonyl (C=O) groups excluding carboxylic acids is 1. The second kappa shape index (κ2) is 4.77. The largest absolute Gasteiger partial charge is 0.466 e. The molecule has 5 nitrogen and oxygen atoms in total. The first kappa shape index (κ1) is 12.3. The number of H-pyrrole nitrogens is 1. The van der Waals surface area contributed by atoms with Gasteiger partial charge in [-0.15, -0.1) is 11.3 Å². The molecule has 0 spiro atoms. The summed E-state index contributed by atoms with van der Waals surface area (Å²) >= 11 is 1.56. The molecule has 0 unspecified atom stereocenters. The number of hydrogen-bond acceptors (Lipinski definition) is 5. The molecule has 1 aliphatic carbocycles. The quantitative estimate of drug-likeness (QED) is 0.871. The Morgan fingerprint density at radius 3 is 3.26 bits per heavy atom. The van der Waals surface area contributed by atoms with E-state index < -0.39 is 0 Å². The fourth-order valence-corrected chi connectivity index (χ4v) is 3.94. The number of ether oxygens (including phenoxy) is 1. The van der Waals surface area contributed by atoms with Crippen LogP contribution in [0.1, 0.15) is 36.1 Å². The van der Waals surface area contributed by atoms with Gasteiger partial charge < -0.3 is 9.72 Å². The number of carbonyl (C=O) groups is 1. The monoisotopic (exact) mass is 278 g/mol. The van der Waals surface area contributed by atoms with E-state index in [1.54, 1.807) is 18.3 Å². The zero-order valence-corrected chi connectivity index (χ0v) is 11.4. The lowest BCUT2D eigenvalue weighted by Gasteiger charge is -2.09. The molecule has 2 aromatic rings. The van der Waals surface area contributed by atoms with Crippen molar-refractivity contribution in [2.24, 2.45) is 0 Å². The van der Waals surface area contributed by atoms with Gasteiger partial charge in [0, 0.05) is 4.88 Å². The predicted octanol–water partition coefficient (Wildman–Crippen LogP) is 1.97. The number of aromatic nitrogens is 2. The number of nitrogens with one attached hydrogen (secondary N) is 1. The lowest BCUT2D eigenvalue weighted by molar-refractivity contribution is -0.143. The van der Waals surface area contributed by atoms with E-state index in [0.29, 0.717) is 18.4 Å². The Balaban J connectivity index is 2.01. The van der Waals surface area contributed by atoms with Crippen LogP contribution in [0.2, 0.25) is 0 Å². The van der Waals surface area contributed by atoms with Gasteiger partial charge in [-0.25, -0.2) is 4.98 Å². The molecule has 6 heteroatoms. The molecule has 1 N–H and O–H groups in total. The van der Waals surface area contributed by atoms with Gasteiger partial charge in [0.2, 0.25) is 0 Å². The highest BCUT2D eigenvalue weighted by Gasteiger charge is 2.30. The SMILES string of the molecule is CCOC(=O)C[C@@H]1CCc2sc3nc[nH]c(=O)c3c21. The second-order valence-corrected chi connectivity index (χ2v) is 5.68. The van der Waals surface area contributed by atoms with Crippen molar-refractivity contribution in [2.45, 2.75) is 32.1 Å². The molecule has 0 aliphatic heterocycles. The maximum Gasteiger partial charge on any atom is 0.306 e. The number of hydrogen-bond donors (Lipinski definition) is 1. The third-order valence-electron chi connectivity index (χ3n) is 3.45. The highest BCUT2D eigenvalue weighted by molar-refractivity contribution is 7.18. The molecule has 0 bridgehead atoms. The molecule has 1 aliphatic rings. The van der Waals surface area contributed by atoms with Gasteiger partial charge in [0.15, 0.2) is 0 Å². The average Bonchev–Trinajstić information content (AvgIpc) is 2.90. The van der Waals surface area contributed by atoms with Crippen molar-refractivity contribution in [1.29, 1.82) is 0 Å². The van der Waals surface area contributed by atoms with Gasteiger partial charge in [0.1, 0.15) is 4.83 Å². The first-order valence-electron chi connectivity index (χ1n) is 6.35. The van der Waals surface area contributed by atoms with Gasteiger partial charge in [0.25, 0.3) is 5.56 Å². The summed E-state index contributed by atoms with van der Waals surface area (Å²) in [5.41, 5.74) is 0.903. The van der Waals surface area contributed by atoms with Crippen LogP contribution in [-0.4, -0.2) is 22.5 Å². The van der Waals surface area contributed by atoms with E-state index in [2.05, 4.69) is 9.97 Å². The summed E-state index contributed by atoms with van der Waals surface area (Å²) in [5.74, 6) is -0.104. The molecule has 0 saturated heterocycles. The van der Waals surface area contributed by atoms with Crippen LogP contribution in [-0.2, 0) is 16.0 Å². The van der Waals surface area contributed by atoms with E-state index in [-0.39, 0.29) is 17.4 Å². The number of aryl methyl sites for hydroxylation is 1. The van der Waals surface area contributed by atoms with Crippen molar-refractivity contribution in [3.05, 3.63) is 27.1 Å². The molecule has 0 saturated carbocycles. The van der Waals surface area contributed by atoms with E-state index in [9.17, 15) is 9.59 Å². The van der Waals surface area contributed by atoms with Crippen molar-refractivity contribution in [1.82, 2.24) is 9.97 Å². The van der Waals surface area contributed by atoms with Crippen LogP contribution in [0.15, 0.2) is 11.1 Å². The zero-order valence-electron chi connectivity index (χ0n) is 10.6. The Labute approximate surface area is 113 Å². The molecular formula is C13H14N2O3S. The Bertz CT molecular complexity index is 689. The molecule has 3 rings (SSSR count). The minimum atomic E-state index is -0.194. The van der Waals surface area contributed by atoms with Gasteiger partial charge in [0.05, 0.1) is 24.7 Å². The van der Waals surface area contributed by atoms with Crippen molar-refractivity contribution in [2.75, 3.05) is 6.61 Å². The Morgan fingerprint density at radius 2 is 2.47 bits per heavy atom. The van der Waals surface area contributed by atoms with Crippen LogP contribution in [0.5, 0.6) is 0 Å². The minimum absolute atomic E-state index is 0.0908. The second-order valence-electron chi connectivity index (χ2n) is 4.60. The van der Waals surface area contributed by atoms with Crippen molar-refractivity contribution < 1.29 is 9.53 Å². The number of fused-ring (bicyclic) bond motifs is 3. The van der Waals surface area contributed by atoms with Gasteiger partial charge in [-0.05, 0) is 31.2 Å². The van der Waals surface area contributed by atoms with Gasteiger partial charge in [-0.1, -0.05) is 0 Å². The van der Waals surface area contributed by atoms with Crippen molar-refractivity contribution in [3.8, 4) is 0 Å². The lowest BCUT2D eigenvalue weighted by atomic mass is 9.98. The Kier molecular flexibility index (Phi) is 3.10. The normalized spacial score (nSPS) is 17.6. The Morgan fingerprint density at radius 1 is 1.63 bits per heavy atom. The fraction of sp³-hybridized carbons (Fsp3) is 0.462. The summed E-state index contributed by atoms with van der Waals surface area (Å²) in [6.07, 6.45) is 3.60. The van der Waals surface area contributed by atoms with Crippen LogP contribution in [0, 0.1) is 0 Å². The molecule has 0 amide bonds. The maximum absolute atomic E-state index is 12.0. The first-order valence-corrected chi connectivity index (χ1v) is 7.17. The third kappa shape index (κ3) is 2.06. The summed E-state index contributed by atoms with van der Waals surface area (Å²) in [5, 5.41) is 0.661. The molecule has 0 fully saturated rings. The number of rotatable bonds is 3. The molecule has 2 heterocycles. The van der Waals surface area contributed by atoms with E-state index in [1.807, 2.05) is 0 Å². The van der Waals surface area contributed by atoms with Gasteiger partial charge in [-0.3, -0.25) is 9.59 Å². The Hall–Kier alpha value is -1.69. The highest BCUT2D eigenvalue weighted by atomic mass is 32.1. The molecule has 100 valence electrons. The summed E-state index contributed by atoms with van der Waals surface area (Å²) < 4.78 is 5.00. The molecule has 0 aromatic carbocycles. The number of thiophene rings is 1. The van der Waals surface area contributed by atoms with Crippen LogP contribution >= 0.6 is 11.3 Å². The summed E-state index contributed by atoms with van der Waals surface area (Å²) in [4.78, 5) is 32.4. The molecule has 2 aromatic heterocycles. The van der Waals surface area contributed by atoms with Gasteiger partial charge >= 0.3 is 5.97 Å². The number of aromatic amines is 1. The van der Waals surface area contributed by atoms with Gasteiger partial charge in [-0.2, -0.15) is 0 Å². The van der Waals surface area contributed by atoms with Crippen LogP contribution < -0.4 is 5.56 Å². The molecule has 0 radical (unpaired) electrons. The molecular weight excluding hydrogens is 264 g/mol. The van der Waals surface area contributed by atoms with E-state index in [1.165, 1.54) is 11.2 Å². The van der Waals surface area contributed by atoms with E-state index >= 15 is 0 Å². The highest BCUT2D eigenvalue weighted by Crippen LogP contribution is 2.43. The fourth-order valence-electron chi connectivity index (χ4n) is 2.70. The third-order valence-corrected chi connectivity index (χ3v) is 4.63. The number of esters is 1. The van der Waals surface area contributed by atoms with Crippen LogP contribution in [0.3, 0.4) is 0 Å². The topological polar surface area (TPSA) is 72.0 Å². The first-order chi connectivity index (χ1) is 9.20. The average molecular weight is 278 g/mol. The summed E-state index contributed by atoms with van der Waals surface area (Å²) in [6.45, 7) is 2.19. The summed E-state index contributed by atoms with van der Waals surface area (Å²) in [6, 6.07) is 0. The minimum Gasteiger partial charge on any atom is -0.466 e. The van der Waals surface area contributed by atoms with E-state index in [4.69, 9.17) is 4.74 Å².